The summed E-state index contributed by atoms with van der Waals surface area (Å²) in [5, 5.41) is 4.05. The number of hydrogen-bond donors (Lipinski definition) is 1. The average molecular weight is 318 g/mol. The molecule has 0 spiro atoms. The lowest BCUT2D eigenvalue weighted by Gasteiger charge is -2.13. The van der Waals surface area contributed by atoms with Gasteiger partial charge in [0.2, 0.25) is 0 Å². The molecule has 0 bridgehead atoms. The number of ether oxygens (including phenoxy) is 2. The second kappa shape index (κ2) is 11.3. The number of hydrogen-bond acceptors (Lipinski definition) is 4. The van der Waals surface area contributed by atoms with Gasteiger partial charge in [0.25, 0.3) is 0 Å². The summed E-state index contributed by atoms with van der Waals surface area (Å²) in [4.78, 5) is 0. The van der Waals surface area contributed by atoms with Crippen molar-refractivity contribution in [1.29, 1.82) is 0 Å². The fraction of sp³-hybridized carbons (Fsp3) is 0.600. The van der Waals surface area contributed by atoms with Crippen molar-refractivity contribution >= 4 is 23.4 Å². The quantitative estimate of drug-likeness (QED) is 0.632. The molecule has 0 heterocycles. The minimum atomic E-state index is 0.689. The lowest BCUT2D eigenvalue weighted by Crippen LogP contribution is -2.19. The molecule has 0 aromatic heterocycles. The molecule has 0 fully saturated rings. The number of rotatable bonds is 11. The molecule has 0 atom stereocenters. The Balaban J connectivity index is 2.45. The maximum Gasteiger partial charge on any atom is 0.125 e. The van der Waals surface area contributed by atoms with Crippen LogP contribution in [-0.2, 0) is 11.3 Å². The molecular formula is C15H24ClNO2S. The summed E-state index contributed by atoms with van der Waals surface area (Å²) >= 11 is 8.19. The Hall–Kier alpha value is -0.420. The van der Waals surface area contributed by atoms with Crippen LogP contribution in [0.25, 0.3) is 0 Å². The standard InChI is InChI=1S/C15H24ClNO2S/c1-3-20-11-5-9-19-15-7-4-6-14(16)13(15)12-17-8-10-18-2/h4,6-7,17H,3,5,8-12H2,1-2H3. The monoisotopic (exact) mass is 317 g/mol. The Morgan fingerprint density at radius 2 is 2.15 bits per heavy atom. The summed E-state index contributed by atoms with van der Waals surface area (Å²) in [6.45, 7) is 5.09. The van der Waals surface area contributed by atoms with E-state index in [1.54, 1.807) is 7.11 Å². The smallest absolute Gasteiger partial charge is 0.125 e. The minimum Gasteiger partial charge on any atom is -0.493 e. The molecule has 0 unspecified atom stereocenters. The highest BCUT2D eigenvalue weighted by Crippen LogP contribution is 2.26. The van der Waals surface area contributed by atoms with E-state index in [9.17, 15) is 0 Å². The molecule has 0 aliphatic heterocycles. The average Bonchev–Trinajstić information content (AvgIpc) is 2.45. The van der Waals surface area contributed by atoms with Crippen LogP contribution in [0.15, 0.2) is 18.2 Å². The normalized spacial score (nSPS) is 10.8. The third-order valence-electron chi connectivity index (χ3n) is 2.76. The largest absolute Gasteiger partial charge is 0.493 e. The minimum absolute atomic E-state index is 0.689. The Labute approximate surface area is 131 Å². The van der Waals surface area contributed by atoms with E-state index in [0.717, 1.165) is 47.4 Å². The van der Waals surface area contributed by atoms with E-state index in [4.69, 9.17) is 21.1 Å². The van der Waals surface area contributed by atoms with Gasteiger partial charge in [0.05, 0.1) is 13.2 Å². The number of nitrogens with one attached hydrogen (secondary N) is 1. The van der Waals surface area contributed by atoms with Crippen molar-refractivity contribution in [3.05, 3.63) is 28.8 Å². The molecular weight excluding hydrogens is 294 g/mol. The molecule has 5 heteroatoms. The molecule has 1 rings (SSSR count). The lowest BCUT2D eigenvalue weighted by molar-refractivity contribution is 0.199. The van der Waals surface area contributed by atoms with Crippen molar-refractivity contribution in [3.8, 4) is 5.75 Å². The lowest BCUT2D eigenvalue weighted by atomic mass is 10.2. The third-order valence-corrected chi connectivity index (χ3v) is 4.10. The number of thioether (sulfide) groups is 1. The maximum absolute atomic E-state index is 6.25. The van der Waals surface area contributed by atoms with Gasteiger partial charge in [-0.1, -0.05) is 24.6 Å². The van der Waals surface area contributed by atoms with Crippen LogP contribution in [0.2, 0.25) is 5.02 Å². The van der Waals surface area contributed by atoms with Crippen LogP contribution >= 0.6 is 23.4 Å². The third kappa shape index (κ3) is 6.84. The maximum atomic E-state index is 6.25. The molecule has 1 aromatic rings. The summed E-state index contributed by atoms with van der Waals surface area (Å²) in [7, 11) is 1.69. The summed E-state index contributed by atoms with van der Waals surface area (Å²) in [5.74, 6) is 3.17. The number of methoxy groups -OCH3 is 1. The summed E-state index contributed by atoms with van der Waals surface area (Å²) < 4.78 is 10.9. The van der Waals surface area contributed by atoms with E-state index in [0.29, 0.717) is 13.2 Å². The topological polar surface area (TPSA) is 30.5 Å². The molecule has 1 aromatic carbocycles. The van der Waals surface area contributed by atoms with Crippen molar-refractivity contribution in [2.75, 3.05) is 38.4 Å². The Morgan fingerprint density at radius 3 is 2.90 bits per heavy atom. The van der Waals surface area contributed by atoms with Crippen LogP contribution in [0, 0.1) is 0 Å². The van der Waals surface area contributed by atoms with Crippen LogP contribution < -0.4 is 10.1 Å². The van der Waals surface area contributed by atoms with Crippen molar-refractivity contribution in [1.82, 2.24) is 5.32 Å². The van der Waals surface area contributed by atoms with Gasteiger partial charge in [-0.25, -0.2) is 0 Å². The molecule has 20 heavy (non-hydrogen) atoms. The molecule has 0 radical (unpaired) electrons. The number of benzene rings is 1. The zero-order valence-electron chi connectivity index (χ0n) is 12.3. The van der Waals surface area contributed by atoms with Gasteiger partial charge in [0, 0.05) is 30.8 Å². The highest BCUT2D eigenvalue weighted by atomic mass is 35.5. The predicted molar refractivity (Wildman–Crippen MR) is 88.1 cm³/mol. The molecule has 1 N–H and O–H groups in total. The Morgan fingerprint density at radius 1 is 1.30 bits per heavy atom. The van der Waals surface area contributed by atoms with Crippen LogP contribution in [0.1, 0.15) is 18.9 Å². The molecule has 0 aliphatic carbocycles. The van der Waals surface area contributed by atoms with Crippen LogP contribution in [0.4, 0.5) is 0 Å². The van der Waals surface area contributed by atoms with Gasteiger partial charge in [-0.05, 0) is 30.1 Å². The Bertz CT molecular complexity index is 377. The van der Waals surface area contributed by atoms with Crippen molar-refractivity contribution in [2.45, 2.75) is 19.9 Å². The van der Waals surface area contributed by atoms with Gasteiger partial charge in [0.1, 0.15) is 5.75 Å². The van der Waals surface area contributed by atoms with E-state index >= 15 is 0 Å². The second-order valence-corrected chi connectivity index (χ2v) is 6.09. The van der Waals surface area contributed by atoms with Crippen molar-refractivity contribution in [2.24, 2.45) is 0 Å². The van der Waals surface area contributed by atoms with E-state index in [-0.39, 0.29) is 0 Å². The molecule has 3 nitrogen and oxygen atoms in total. The van der Waals surface area contributed by atoms with Gasteiger partial charge in [0.15, 0.2) is 0 Å². The van der Waals surface area contributed by atoms with E-state index < -0.39 is 0 Å². The number of halogens is 1. The van der Waals surface area contributed by atoms with Gasteiger partial charge in [-0.2, -0.15) is 11.8 Å². The highest BCUT2D eigenvalue weighted by molar-refractivity contribution is 7.99. The first-order valence-corrected chi connectivity index (χ1v) is 8.50. The molecule has 114 valence electrons. The second-order valence-electron chi connectivity index (χ2n) is 4.29. The first-order valence-electron chi connectivity index (χ1n) is 6.97. The van der Waals surface area contributed by atoms with Crippen molar-refractivity contribution < 1.29 is 9.47 Å². The fourth-order valence-corrected chi connectivity index (χ4v) is 2.56. The van der Waals surface area contributed by atoms with Crippen LogP contribution in [0.3, 0.4) is 0 Å². The summed E-state index contributed by atoms with van der Waals surface area (Å²) in [6.07, 6.45) is 1.06. The summed E-state index contributed by atoms with van der Waals surface area (Å²) in [5.41, 5.74) is 1.02. The van der Waals surface area contributed by atoms with Crippen molar-refractivity contribution in [3.63, 3.8) is 0 Å². The van der Waals surface area contributed by atoms with Crippen LogP contribution in [0.5, 0.6) is 5.75 Å². The van der Waals surface area contributed by atoms with E-state index in [1.807, 2.05) is 30.0 Å². The first-order chi connectivity index (χ1) is 9.79. The predicted octanol–water partition coefficient (Wildman–Crippen LogP) is 3.60. The molecule has 0 amide bonds. The SMILES string of the molecule is CCSCCCOc1cccc(Cl)c1CNCCOC. The molecule has 0 aliphatic rings. The zero-order valence-corrected chi connectivity index (χ0v) is 13.9. The van der Waals surface area contributed by atoms with Crippen LogP contribution in [-0.4, -0.2) is 38.4 Å². The Kier molecular flexibility index (Phi) is 9.93. The zero-order chi connectivity index (χ0) is 14.6. The van der Waals surface area contributed by atoms with Gasteiger partial charge in [-0.15, -0.1) is 0 Å². The highest BCUT2D eigenvalue weighted by Gasteiger charge is 2.07. The first kappa shape index (κ1) is 17.6. The van der Waals surface area contributed by atoms with Gasteiger partial charge >= 0.3 is 0 Å². The fourth-order valence-electron chi connectivity index (χ4n) is 1.72. The van der Waals surface area contributed by atoms with Gasteiger partial charge in [-0.3, -0.25) is 0 Å². The molecule has 0 saturated heterocycles. The van der Waals surface area contributed by atoms with E-state index in [1.165, 1.54) is 0 Å². The van der Waals surface area contributed by atoms with Gasteiger partial charge < -0.3 is 14.8 Å². The molecule has 0 saturated carbocycles. The van der Waals surface area contributed by atoms with E-state index in [2.05, 4.69) is 12.2 Å². The summed E-state index contributed by atoms with van der Waals surface area (Å²) in [6, 6.07) is 5.80.